The van der Waals surface area contributed by atoms with Crippen LogP contribution in [-0.4, -0.2) is 37.5 Å². The minimum absolute atomic E-state index is 0.0233. The normalized spacial score (nSPS) is 16.1. The van der Waals surface area contributed by atoms with E-state index < -0.39 is 29.6 Å². The zero-order valence-electron chi connectivity index (χ0n) is 21.9. The van der Waals surface area contributed by atoms with Gasteiger partial charge in [0.15, 0.2) is 5.76 Å². The average molecular weight is 558 g/mol. The first kappa shape index (κ1) is 27.7. The van der Waals surface area contributed by atoms with Crippen molar-refractivity contribution in [2.75, 3.05) is 29.4 Å². The van der Waals surface area contributed by atoms with Crippen LogP contribution in [0.1, 0.15) is 53.8 Å². The quantitative estimate of drug-likeness (QED) is 0.318. The molecule has 2 aliphatic rings. The highest BCUT2D eigenvalue weighted by Crippen LogP contribution is 2.35. The SMILES string of the molecule is O=C(NCCN1CCc2cc(F)ccc21)[C@H](CC1CCCC1)N(C(=O)c1ccco1)c1cccc(C(F)(F)F)c1. The summed E-state index contributed by atoms with van der Waals surface area (Å²) in [5.41, 5.74) is 0.887. The van der Waals surface area contributed by atoms with Crippen molar-refractivity contribution in [1.82, 2.24) is 5.32 Å². The van der Waals surface area contributed by atoms with Gasteiger partial charge < -0.3 is 14.6 Å². The van der Waals surface area contributed by atoms with Crippen molar-refractivity contribution in [1.29, 1.82) is 0 Å². The van der Waals surface area contributed by atoms with Crippen LogP contribution in [0.5, 0.6) is 0 Å². The summed E-state index contributed by atoms with van der Waals surface area (Å²) < 4.78 is 59.7. The van der Waals surface area contributed by atoms with Crippen LogP contribution in [0.4, 0.5) is 28.9 Å². The number of alkyl halides is 3. The first-order valence-electron chi connectivity index (χ1n) is 13.6. The molecule has 1 N–H and O–H groups in total. The van der Waals surface area contributed by atoms with Gasteiger partial charge >= 0.3 is 6.18 Å². The lowest BCUT2D eigenvalue weighted by Crippen LogP contribution is -2.51. The van der Waals surface area contributed by atoms with Gasteiger partial charge in [-0.25, -0.2) is 4.39 Å². The van der Waals surface area contributed by atoms with Gasteiger partial charge in [0, 0.05) is 31.0 Å². The Morgan fingerprint density at radius 1 is 1.07 bits per heavy atom. The molecule has 2 heterocycles. The zero-order chi connectivity index (χ0) is 28.3. The third kappa shape index (κ3) is 6.16. The maximum absolute atomic E-state index is 13.7. The molecule has 1 atom stereocenters. The van der Waals surface area contributed by atoms with Gasteiger partial charge in [0.05, 0.1) is 11.8 Å². The molecule has 1 fully saturated rings. The Balaban J connectivity index is 1.40. The summed E-state index contributed by atoms with van der Waals surface area (Å²) in [6.45, 7) is 1.41. The number of furan rings is 1. The number of halogens is 4. The number of rotatable bonds is 9. The molecule has 40 heavy (non-hydrogen) atoms. The minimum atomic E-state index is -4.62. The summed E-state index contributed by atoms with van der Waals surface area (Å²) in [6, 6.07) is 11.0. The maximum Gasteiger partial charge on any atom is 0.416 e. The second kappa shape index (κ2) is 11.7. The third-order valence-corrected chi connectivity index (χ3v) is 7.76. The van der Waals surface area contributed by atoms with Gasteiger partial charge in [-0.05, 0) is 72.9 Å². The molecule has 1 aliphatic heterocycles. The Labute approximate surface area is 229 Å². The number of hydrogen-bond acceptors (Lipinski definition) is 4. The third-order valence-electron chi connectivity index (χ3n) is 7.76. The van der Waals surface area contributed by atoms with Gasteiger partial charge in [-0.1, -0.05) is 31.7 Å². The molecule has 3 aromatic rings. The molecule has 5 rings (SSSR count). The van der Waals surface area contributed by atoms with Crippen LogP contribution in [0.2, 0.25) is 0 Å². The van der Waals surface area contributed by atoms with E-state index in [9.17, 15) is 27.2 Å². The molecule has 1 saturated carbocycles. The second-order valence-corrected chi connectivity index (χ2v) is 10.4. The van der Waals surface area contributed by atoms with Crippen molar-refractivity contribution >= 4 is 23.2 Å². The van der Waals surface area contributed by atoms with Gasteiger partial charge in [-0.2, -0.15) is 13.2 Å². The van der Waals surface area contributed by atoms with Gasteiger partial charge in [-0.15, -0.1) is 0 Å². The molecule has 2 amide bonds. The topological polar surface area (TPSA) is 65.8 Å². The lowest BCUT2D eigenvalue weighted by molar-refractivity contribution is -0.137. The van der Waals surface area contributed by atoms with Crippen molar-refractivity contribution in [3.05, 3.63) is 83.6 Å². The fourth-order valence-corrected chi connectivity index (χ4v) is 5.78. The van der Waals surface area contributed by atoms with Crippen LogP contribution < -0.4 is 15.1 Å². The van der Waals surface area contributed by atoms with Gasteiger partial charge in [-0.3, -0.25) is 14.5 Å². The summed E-state index contributed by atoms with van der Waals surface area (Å²) in [6.07, 6.45) is 1.49. The summed E-state index contributed by atoms with van der Waals surface area (Å²) in [5.74, 6) is -1.32. The zero-order valence-corrected chi connectivity index (χ0v) is 21.9. The number of carbonyl (C=O) groups is 2. The Hall–Kier alpha value is -3.82. The van der Waals surface area contributed by atoms with Crippen LogP contribution in [0.15, 0.2) is 65.3 Å². The van der Waals surface area contributed by atoms with Crippen molar-refractivity contribution in [3.8, 4) is 0 Å². The van der Waals surface area contributed by atoms with E-state index in [1.807, 2.05) is 0 Å². The summed E-state index contributed by atoms with van der Waals surface area (Å²) >= 11 is 0. The molecule has 0 saturated heterocycles. The van der Waals surface area contributed by atoms with Gasteiger partial charge in [0.2, 0.25) is 5.91 Å². The van der Waals surface area contributed by atoms with Crippen molar-refractivity contribution in [3.63, 3.8) is 0 Å². The predicted molar refractivity (Wildman–Crippen MR) is 143 cm³/mol. The molecule has 2 aromatic carbocycles. The lowest BCUT2D eigenvalue weighted by Gasteiger charge is -2.32. The number of nitrogens with zero attached hydrogens (tertiary/aromatic N) is 2. The molecule has 0 spiro atoms. The Morgan fingerprint density at radius 2 is 1.88 bits per heavy atom. The number of carbonyl (C=O) groups excluding carboxylic acids is 2. The van der Waals surface area contributed by atoms with Crippen molar-refractivity contribution in [2.24, 2.45) is 5.92 Å². The van der Waals surface area contributed by atoms with E-state index in [0.29, 0.717) is 25.9 Å². The monoisotopic (exact) mass is 557 g/mol. The fraction of sp³-hybridized carbons (Fsp3) is 0.400. The highest BCUT2D eigenvalue weighted by Gasteiger charge is 2.37. The molecule has 0 bridgehead atoms. The van der Waals surface area contributed by atoms with Crippen molar-refractivity contribution < 1.29 is 31.6 Å². The summed E-state index contributed by atoms with van der Waals surface area (Å²) in [5, 5.41) is 2.92. The number of benzene rings is 2. The van der Waals surface area contributed by atoms with E-state index in [-0.39, 0.29) is 29.7 Å². The highest BCUT2D eigenvalue weighted by molar-refractivity contribution is 6.08. The molecule has 212 valence electrons. The Morgan fingerprint density at radius 3 is 2.60 bits per heavy atom. The lowest BCUT2D eigenvalue weighted by atomic mass is 9.95. The molecule has 10 heteroatoms. The van der Waals surface area contributed by atoms with Crippen LogP contribution in [-0.2, 0) is 17.4 Å². The molecular formula is C30H31F4N3O3. The molecule has 6 nitrogen and oxygen atoms in total. The predicted octanol–water partition coefficient (Wildman–Crippen LogP) is 6.21. The molecule has 1 aromatic heterocycles. The van der Waals surface area contributed by atoms with Crippen LogP contribution in [0.25, 0.3) is 0 Å². The van der Waals surface area contributed by atoms with E-state index >= 15 is 0 Å². The summed E-state index contributed by atoms with van der Waals surface area (Å²) in [4.78, 5) is 30.6. The smallest absolute Gasteiger partial charge is 0.416 e. The van der Waals surface area contributed by atoms with Crippen LogP contribution >= 0.6 is 0 Å². The van der Waals surface area contributed by atoms with E-state index in [1.165, 1.54) is 42.7 Å². The average Bonchev–Trinajstić information content (AvgIpc) is 3.71. The summed E-state index contributed by atoms with van der Waals surface area (Å²) in [7, 11) is 0. The standard InChI is InChI=1S/C30H31F4N3O3/c31-23-10-11-25-21(18-23)12-14-36(25)15-13-35-28(38)26(17-20-5-1-2-6-20)37(29(39)27-9-4-16-40-27)24-8-3-7-22(19-24)30(32,33)34/h3-4,7-11,16,18-20,26H,1-2,5-6,12-15,17H2,(H,35,38)/t26-/m0/s1. The Bertz CT molecular complexity index is 1340. The fourth-order valence-electron chi connectivity index (χ4n) is 5.78. The van der Waals surface area contributed by atoms with E-state index in [0.717, 1.165) is 54.0 Å². The van der Waals surface area contributed by atoms with Crippen LogP contribution in [0.3, 0.4) is 0 Å². The number of nitrogens with one attached hydrogen (secondary N) is 1. The minimum Gasteiger partial charge on any atom is -0.459 e. The first-order chi connectivity index (χ1) is 19.2. The van der Waals surface area contributed by atoms with Crippen molar-refractivity contribution in [2.45, 2.75) is 50.7 Å². The maximum atomic E-state index is 13.7. The molecular weight excluding hydrogens is 526 g/mol. The molecule has 1 aliphatic carbocycles. The van der Waals surface area contributed by atoms with E-state index in [1.54, 1.807) is 6.07 Å². The molecule has 0 unspecified atom stereocenters. The number of hydrogen-bond donors (Lipinski definition) is 1. The van der Waals surface area contributed by atoms with E-state index in [4.69, 9.17) is 4.42 Å². The highest BCUT2D eigenvalue weighted by atomic mass is 19.4. The largest absolute Gasteiger partial charge is 0.459 e. The Kier molecular flexibility index (Phi) is 8.14. The van der Waals surface area contributed by atoms with Gasteiger partial charge in [0.1, 0.15) is 11.9 Å². The number of anilines is 2. The number of amides is 2. The van der Waals surface area contributed by atoms with E-state index in [2.05, 4.69) is 10.2 Å². The molecule has 0 radical (unpaired) electrons. The second-order valence-electron chi connectivity index (χ2n) is 10.4. The van der Waals surface area contributed by atoms with Crippen LogP contribution in [0, 0.1) is 11.7 Å². The first-order valence-corrected chi connectivity index (χ1v) is 13.6. The van der Waals surface area contributed by atoms with Gasteiger partial charge in [0.25, 0.3) is 5.91 Å². The number of fused-ring (bicyclic) bond motifs is 1.